The van der Waals surface area contributed by atoms with Crippen molar-refractivity contribution in [3.05, 3.63) is 52.8 Å². The average molecular weight is 368 g/mol. The second-order valence-corrected chi connectivity index (χ2v) is 8.49. The van der Waals surface area contributed by atoms with E-state index in [1.165, 1.54) is 18.4 Å². The normalized spacial score (nSPS) is 15.2. The SMILES string of the molecule is Cc1nn(CC(C)C)c(C)c1CC(=O)N(Cc1ccccc1)C(C)C1CC1. The number of hydrogen-bond acceptors (Lipinski definition) is 2. The lowest BCUT2D eigenvalue weighted by atomic mass is 10.1. The molecule has 1 aromatic heterocycles. The first-order chi connectivity index (χ1) is 12.9. The molecule has 1 saturated carbocycles. The Bertz CT molecular complexity index is 774. The Morgan fingerprint density at radius 2 is 1.85 bits per heavy atom. The number of benzene rings is 1. The van der Waals surface area contributed by atoms with Crippen molar-refractivity contribution in [1.82, 2.24) is 14.7 Å². The molecule has 3 rings (SSSR count). The first-order valence-corrected chi connectivity index (χ1v) is 10.2. The van der Waals surface area contributed by atoms with E-state index >= 15 is 0 Å². The van der Waals surface area contributed by atoms with Crippen LogP contribution in [0.25, 0.3) is 0 Å². The summed E-state index contributed by atoms with van der Waals surface area (Å²) in [5.41, 5.74) is 4.41. The van der Waals surface area contributed by atoms with Gasteiger partial charge in [-0.15, -0.1) is 0 Å². The summed E-state index contributed by atoms with van der Waals surface area (Å²) in [6, 6.07) is 10.6. The smallest absolute Gasteiger partial charge is 0.227 e. The number of aromatic nitrogens is 2. The molecule has 0 spiro atoms. The van der Waals surface area contributed by atoms with Gasteiger partial charge in [-0.25, -0.2) is 0 Å². The van der Waals surface area contributed by atoms with Crippen molar-refractivity contribution in [3.8, 4) is 0 Å². The minimum absolute atomic E-state index is 0.216. The Hall–Kier alpha value is -2.10. The van der Waals surface area contributed by atoms with Crippen molar-refractivity contribution in [2.75, 3.05) is 0 Å². The zero-order chi connectivity index (χ0) is 19.6. The van der Waals surface area contributed by atoms with E-state index < -0.39 is 0 Å². The van der Waals surface area contributed by atoms with Gasteiger partial charge in [0, 0.05) is 30.4 Å². The molecular weight excluding hydrogens is 334 g/mol. The van der Waals surface area contributed by atoms with Crippen LogP contribution in [-0.4, -0.2) is 26.6 Å². The van der Waals surface area contributed by atoms with Gasteiger partial charge < -0.3 is 4.90 Å². The molecule has 4 nitrogen and oxygen atoms in total. The molecule has 1 aliphatic carbocycles. The summed E-state index contributed by atoms with van der Waals surface area (Å²) in [6.45, 7) is 12.3. The molecule has 1 fully saturated rings. The average Bonchev–Trinajstić information content (AvgIpc) is 3.44. The molecule has 1 heterocycles. The molecule has 0 saturated heterocycles. The van der Waals surface area contributed by atoms with E-state index in [0.29, 0.717) is 30.8 Å². The molecule has 0 bridgehead atoms. The molecule has 4 heteroatoms. The van der Waals surface area contributed by atoms with Crippen LogP contribution in [0.5, 0.6) is 0 Å². The zero-order valence-electron chi connectivity index (χ0n) is 17.4. The lowest BCUT2D eigenvalue weighted by molar-refractivity contribution is -0.133. The van der Waals surface area contributed by atoms with Gasteiger partial charge >= 0.3 is 0 Å². The highest BCUT2D eigenvalue weighted by molar-refractivity contribution is 5.79. The number of aryl methyl sites for hydroxylation is 1. The molecular formula is C23H33N3O. The molecule has 0 N–H and O–H groups in total. The topological polar surface area (TPSA) is 38.1 Å². The van der Waals surface area contributed by atoms with E-state index in [0.717, 1.165) is 23.5 Å². The van der Waals surface area contributed by atoms with Crippen LogP contribution in [0.15, 0.2) is 30.3 Å². The van der Waals surface area contributed by atoms with Crippen LogP contribution in [-0.2, 0) is 24.3 Å². The van der Waals surface area contributed by atoms with Crippen LogP contribution in [0, 0.1) is 25.7 Å². The van der Waals surface area contributed by atoms with Gasteiger partial charge in [0.15, 0.2) is 0 Å². The second-order valence-electron chi connectivity index (χ2n) is 8.49. The fraction of sp³-hybridized carbons (Fsp3) is 0.565. The predicted octanol–water partition coefficient (Wildman–Crippen LogP) is 4.53. The van der Waals surface area contributed by atoms with Crippen LogP contribution >= 0.6 is 0 Å². The van der Waals surface area contributed by atoms with Crippen LogP contribution < -0.4 is 0 Å². The quantitative estimate of drug-likeness (QED) is 0.688. The van der Waals surface area contributed by atoms with Gasteiger partial charge in [0.05, 0.1) is 12.1 Å². The lowest BCUT2D eigenvalue weighted by Gasteiger charge is -2.30. The molecule has 1 unspecified atom stereocenters. The van der Waals surface area contributed by atoms with Crippen molar-refractivity contribution >= 4 is 5.91 Å². The molecule has 0 radical (unpaired) electrons. The van der Waals surface area contributed by atoms with Gasteiger partial charge in [-0.1, -0.05) is 44.2 Å². The maximum absolute atomic E-state index is 13.3. The van der Waals surface area contributed by atoms with Crippen molar-refractivity contribution in [3.63, 3.8) is 0 Å². The summed E-state index contributed by atoms with van der Waals surface area (Å²) in [6.07, 6.45) is 2.92. The number of carbonyl (C=O) groups is 1. The highest BCUT2D eigenvalue weighted by Gasteiger charge is 2.34. The monoisotopic (exact) mass is 367 g/mol. The minimum atomic E-state index is 0.216. The third kappa shape index (κ3) is 4.79. The van der Waals surface area contributed by atoms with Crippen LogP contribution in [0.4, 0.5) is 0 Å². The molecule has 27 heavy (non-hydrogen) atoms. The third-order valence-electron chi connectivity index (χ3n) is 5.71. The van der Waals surface area contributed by atoms with E-state index in [2.05, 4.69) is 54.5 Å². The number of hydrogen-bond donors (Lipinski definition) is 0. The van der Waals surface area contributed by atoms with Gasteiger partial charge in [0.2, 0.25) is 5.91 Å². The number of rotatable bonds is 8. The molecule has 1 aromatic carbocycles. The van der Waals surface area contributed by atoms with Crippen LogP contribution in [0.3, 0.4) is 0 Å². The Morgan fingerprint density at radius 1 is 1.19 bits per heavy atom. The number of amides is 1. The molecule has 2 aromatic rings. The Kier molecular flexibility index (Phi) is 6.03. The van der Waals surface area contributed by atoms with E-state index in [-0.39, 0.29) is 5.91 Å². The van der Waals surface area contributed by atoms with Gasteiger partial charge in [-0.2, -0.15) is 5.10 Å². The standard InChI is InChI=1S/C23H33N3O/c1-16(2)14-26-19(5)22(17(3)24-26)13-23(27)25(18(4)21-11-12-21)15-20-9-7-6-8-10-20/h6-10,16,18,21H,11-15H2,1-5H3. The highest BCUT2D eigenvalue weighted by atomic mass is 16.2. The summed E-state index contributed by atoms with van der Waals surface area (Å²) in [7, 11) is 0. The molecule has 1 amide bonds. The summed E-state index contributed by atoms with van der Waals surface area (Å²) in [5.74, 6) is 1.41. The van der Waals surface area contributed by atoms with Crippen LogP contribution in [0.2, 0.25) is 0 Å². The first-order valence-electron chi connectivity index (χ1n) is 10.2. The third-order valence-corrected chi connectivity index (χ3v) is 5.71. The van der Waals surface area contributed by atoms with Crippen molar-refractivity contribution in [1.29, 1.82) is 0 Å². The first kappa shape index (κ1) is 19.7. The van der Waals surface area contributed by atoms with Crippen molar-refractivity contribution in [2.45, 2.75) is 73.0 Å². The molecule has 1 aliphatic rings. The summed E-state index contributed by atoms with van der Waals surface area (Å²) < 4.78 is 2.06. The van der Waals surface area contributed by atoms with Gasteiger partial charge in [0.25, 0.3) is 0 Å². The molecule has 0 aliphatic heterocycles. The molecule has 1 atom stereocenters. The highest BCUT2D eigenvalue weighted by Crippen LogP contribution is 2.36. The van der Waals surface area contributed by atoms with Crippen LogP contribution in [0.1, 0.15) is 56.1 Å². The predicted molar refractivity (Wildman–Crippen MR) is 109 cm³/mol. The Balaban J connectivity index is 1.79. The van der Waals surface area contributed by atoms with E-state index in [4.69, 9.17) is 0 Å². The second kappa shape index (κ2) is 8.28. The summed E-state index contributed by atoms with van der Waals surface area (Å²) in [5, 5.41) is 4.68. The van der Waals surface area contributed by atoms with E-state index in [1.807, 2.05) is 25.1 Å². The Labute approximate surface area is 163 Å². The molecule has 146 valence electrons. The summed E-state index contributed by atoms with van der Waals surface area (Å²) in [4.78, 5) is 15.4. The minimum Gasteiger partial charge on any atom is -0.335 e. The van der Waals surface area contributed by atoms with Gasteiger partial charge in [-0.05, 0) is 51.0 Å². The maximum atomic E-state index is 13.3. The van der Waals surface area contributed by atoms with Gasteiger partial charge in [0.1, 0.15) is 0 Å². The number of nitrogens with zero attached hydrogens (tertiary/aromatic N) is 3. The van der Waals surface area contributed by atoms with Crippen molar-refractivity contribution in [2.24, 2.45) is 11.8 Å². The fourth-order valence-electron chi connectivity index (χ4n) is 3.84. The lowest BCUT2D eigenvalue weighted by Crippen LogP contribution is -2.40. The van der Waals surface area contributed by atoms with Gasteiger partial charge in [-0.3, -0.25) is 9.48 Å². The Morgan fingerprint density at radius 3 is 2.44 bits per heavy atom. The van der Waals surface area contributed by atoms with E-state index in [1.54, 1.807) is 0 Å². The van der Waals surface area contributed by atoms with Crippen molar-refractivity contribution < 1.29 is 4.79 Å². The largest absolute Gasteiger partial charge is 0.335 e. The fourth-order valence-corrected chi connectivity index (χ4v) is 3.84. The number of carbonyl (C=O) groups excluding carboxylic acids is 1. The maximum Gasteiger partial charge on any atom is 0.227 e. The van der Waals surface area contributed by atoms with E-state index in [9.17, 15) is 4.79 Å². The summed E-state index contributed by atoms with van der Waals surface area (Å²) >= 11 is 0. The zero-order valence-corrected chi connectivity index (χ0v) is 17.4.